The van der Waals surface area contributed by atoms with Gasteiger partial charge in [-0.15, -0.1) is 0 Å². The highest BCUT2D eigenvalue weighted by molar-refractivity contribution is 9.10. The van der Waals surface area contributed by atoms with Crippen molar-refractivity contribution in [1.29, 1.82) is 0 Å². The molecule has 0 bridgehead atoms. The molecule has 0 aliphatic rings. The second-order valence-corrected chi connectivity index (χ2v) is 6.59. The van der Waals surface area contributed by atoms with Crippen LogP contribution in [-0.4, -0.2) is 15.2 Å². The molecule has 0 radical (unpaired) electrons. The molecule has 0 aliphatic heterocycles. The lowest BCUT2D eigenvalue weighted by Gasteiger charge is -2.16. The zero-order chi connectivity index (χ0) is 16.6. The largest absolute Gasteiger partial charge is 0.339 e. The molecule has 1 aromatic carbocycles. The number of halogens is 1. The maximum atomic E-state index is 4.66. The SMILES string of the molecule is Cc1cc(Br)c(Nc2c(C)ccc(-c3cc[nH]n3)c2C)nc1C. The van der Waals surface area contributed by atoms with E-state index >= 15 is 0 Å². The molecule has 3 rings (SSSR count). The fraction of sp³-hybridized carbons (Fsp3) is 0.222. The van der Waals surface area contributed by atoms with E-state index < -0.39 is 0 Å². The lowest BCUT2D eigenvalue weighted by molar-refractivity contribution is 1.09. The molecule has 0 aliphatic carbocycles. The smallest absolute Gasteiger partial charge is 0.145 e. The summed E-state index contributed by atoms with van der Waals surface area (Å²) in [5, 5.41) is 10.6. The second kappa shape index (κ2) is 6.16. The molecule has 0 fully saturated rings. The molecule has 3 aromatic rings. The van der Waals surface area contributed by atoms with Crippen molar-refractivity contribution in [1.82, 2.24) is 15.2 Å². The molecule has 118 valence electrons. The van der Waals surface area contributed by atoms with Crippen LogP contribution in [0, 0.1) is 27.7 Å². The summed E-state index contributed by atoms with van der Waals surface area (Å²) in [6, 6.07) is 8.28. The Morgan fingerprint density at radius 2 is 1.83 bits per heavy atom. The van der Waals surface area contributed by atoms with Gasteiger partial charge in [-0.2, -0.15) is 5.10 Å². The van der Waals surface area contributed by atoms with E-state index in [1.165, 1.54) is 11.1 Å². The van der Waals surface area contributed by atoms with Crippen LogP contribution in [0.25, 0.3) is 11.3 Å². The number of aromatic amines is 1. The Bertz CT molecular complexity index is 854. The third kappa shape index (κ3) is 3.01. The second-order valence-electron chi connectivity index (χ2n) is 5.74. The Morgan fingerprint density at radius 3 is 2.52 bits per heavy atom. The summed E-state index contributed by atoms with van der Waals surface area (Å²) in [4.78, 5) is 4.66. The van der Waals surface area contributed by atoms with Crippen LogP contribution in [0.5, 0.6) is 0 Å². The zero-order valence-electron chi connectivity index (χ0n) is 13.7. The molecule has 23 heavy (non-hydrogen) atoms. The fourth-order valence-electron chi connectivity index (χ4n) is 2.61. The van der Waals surface area contributed by atoms with E-state index in [1.54, 1.807) is 0 Å². The van der Waals surface area contributed by atoms with Gasteiger partial charge in [-0.1, -0.05) is 12.1 Å². The molecular formula is C18H19BrN4. The molecule has 2 aromatic heterocycles. The molecular weight excluding hydrogens is 352 g/mol. The predicted octanol–water partition coefficient (Wildman–Crippen LogP) is 5.21. The van der Waals surface area contributed by atoms with Crippen LogP contribution in [0.4, 0.5) is 11.5 Å². The Balaban J connectivity index is 2.07. The van der Waals surface area contributed by atoms with Crippen molar-refractivity contribution in [3.63, 3.8) is 0 Å². The van der Waals surface area contributed by atoms with Gasteiger partial charge in [-0.05, 0) is 72.4 Å². The summed E-state index contributed by atoms with van der Waals surface area (Å²) in [5.41, 5.74) is 7.65. The van der Waals surface area contributed by atoms with Crippen LogP contribution in [0.1, 0.15) is 22.4 Å². The minimum Gasteiger partial charge on any atom is -0.339 e. The molecule has 2 N–H and O–H groups in total. The van der Waals surface area contributed by atoms with Crippen LogP contribution >= 0.6 is 15.9 Å². The van der Waals surface area contributed by atoms with Gasteiger partial charge in [0, 0.05) is 23.1 Å². The quantitative estimate of drug-likeness (QED) is 0.664. The number of pyridine rings is 1. The number of hydrogen-bond acceptors (Lipinski definition) is 3. The maximum Gasteiger partial charge on any atom is 0.145 e. The number of benzene rings is 1. The molecule has 2 heterocycles. The van der Waals surface area contributed by atoms with Gasteiger partial charge in [0.05, 0.1) is 10.2 Å². The number of hydrogen-bond donors (Lipinski definition) is 2. The summed E-state index contributed by atoms with van der Waals surface area (Å²) < 4.78 is 0.963. The van der Waals surface area contributed by atoms with Crippen molar-refractivity contribution < 1.29 is 0 Å². The average molecular weight is 371 g/mol. The van der Waals surface area contributed by atoms with Crippen molar-refractivity contribution in [2.75, 3.05) is 5.32 Å². The highest BCUT2D eigenvalue weighted by atomic mass is 79.9. The minimum absolute atomic E-state index is 0.832. The minimum atomic E-state index is 0.832. The topological polar surface area (TPSA) is 53.6 Å². The third-order valence-electron chi connectivity index (χ3n) is 4.11. The van der Waals surface area contributed by atoms with Crippen molar-refractivity contribution in [2.24, 2.45) is 0 Å². The summed E-state index contributed by atoms with van der Waals surface area (Å²) in [7, 11) is 0. The first kappa shape index (κ1) is 15.7. The molecule has 0 atom stereocenters. The number of nitrogens with one attached hydrogen (secondary N) is 2. The van der Waals surface area contributed by atoms with Crippen LogP contribution in [0.3, 0.4) is 0 Å². The molecule has 5 heteroatoms. The van der Waals surface area contributed by atoms with Crippen LogP contribution in [0.2, 0.25) is 0 Å². The van der Waals surface area contributed by atoms with Crippen LogP contribution in [0.15, 0.2) is 34.9 Å². The lowest BCUT2D eigenvalue weighted by atomic mass is 10.00. The number of aryl methyl sites for hydroxylation is 3. The highest BCUT2D eigenvalue weighted by Crippen LogP contribution is 2.34. The number of anilines is 2. The molecule has 0 spiro atoms. The van der Waals surface area contributed by atoms with E-state index in [2.05, 4.69) is 75.4 Å². The molecule has 0 saturated heterocycles. The summed E-state index contributed by atoms with van der Waals surface area (Å²) in [5.74, 6) is 0.832. The Labute approximate surface area is 144 Å². The van der Waals surface area contributed by atoms with E-state index in [-0.39, 0.29) is 0 Å². The third-order valence-corrected chi connectivity index (χ3v) is 4.72. The van der Waals surface area contributed by atoms with E-state index in [0.717, 1.165) is 38.5 Å². The van der Waals surface area contributed by atoms with Gasteiger partial charge < -0.3 is 5.32 Å². The first-order valence-corrected chi connectivity index (χ1v) is 8.28. The molecule has 0 saturated carbocycles. The number of rotatable bonds is 3. The molecule has 0 unspecified atom stereocenters. The van der Waals surface area contributed by atoms with Gasteiger partial charge in [-0.3, -0.25) is 5.10 Å². The highest BCUT2D eigenvalue weighted by Gasteiger charge is 2.13. The van der Waals surface area contributed by atoms with Crippen molar-refractivity contribution >= 4 is 27.4 Å². The number of aromatic nitrogens is 3. The van der Waals surface area contributed by atoms with E-state index in [4.69, 9.17) is 0 Å². The summed E-state index contributed by atoms with van der Waals surface area (Å²) in [6.45, 7) is 8.28. The van der Waals surface area contributed by atoms with Gasteiger partial charge in [0.1, 0.15) is 5.82 Å². The first-order valence-electron chi connectivity index (χ1n) is 7.48. The molecule has 0 amide bonds. The average Bonchev–Trinajstić information content (AvgIpc) is 3.02. The number of H-pyrrole nitrogens is 1. The standard InChI is InChI=1S/C18H19BrN4/c1-10-5-6-14(16-7-8-20-23-16)12(3)17(10)22-18-15(19)9-11(2)13(4)21-18/h5-9H,1-4H3,(H,20,23)(H,21,22). The van der Waals surface area contributed by atoms with Crippen molar-refractivity contribution in [3.8, 4) is 11.3 Å². The van der Waals surface area contributed by atoms with Gasteiger partial charge in [0.15, 0.2) is 0 Å². The lowest BCUT2D eigenvalue weighted by Crippen LogP contribution is -2.02. The Hall–Kier alpha value is -2.14. The van der Waals surface area contributed by atoms with E-state index in [9.17, 15) is 0 Å². The van der Waals surface area contributed by atoms with E-state index in [0.29, 0.717) is 0 Å². The molecule has 4 nitrogen and oxygen atoms in total. The number of nitrogens with zero attached hydrogens (tertiary/aromatic N) is 2. The Morgan fingerprint density at radius 1 is 1.04 bits per heavy atom. The fourth-order valence-corrected chi connectivity index (χ4v) is 3.14. The van der Waals surface area contributed by atoms with Crippen LogP contribution < -0.4 is 5.32 Å². The summed E-state index contributed by atoms with van der Waals surface area (Å²) in [6.07, 6.45) is 1.84. The predicted molar refractivity (Wildman–Crippen MR) is 98.2 cm³/mol. The first-order chi connectivity index (χ1) is 11.0. The van der Waals surface area contributed by atoms with Crippen molar-refractivity contribution in [2.45, 2.75) is 27.7 Å². The zero-order valence-corrected chi connectivity index (χ0v) is 15.2. The van der Waals surface area contributed by atoms with Crippen LogP contribution in [-0.2, 0) is 0 Å². The van der Waals surface area contributed by atoms with Gasteiger partial charge >= 0.3 is 0 Å². The van der Waals surface area contributed by atoms with Crippen molar-refractivity contribution in [3.05, 3.63) is 57.3 Å². The van der Waals surface area contributed by atoms with Gasteiger partial charge in [0.2, 0.25) is 0 Å². The summed E-state index contributed by atoms with van der Waals surface area (Å²) >= 11 is 3.60. The maximum absolute atomic E-state index is 4.66. The van der Waals surface area contributed by atoms with Gasteiger partial charge in [-0.25, -0.2) is 4.98 Å². The van der Waals surface area contributed by atoms with E-state index in [1.807, 2.05) is 19.2 Å². The van der Waals surface area contributed by atoms with Gasteiger partial charge in [0.25, 0.3) is 0 Å². The normalized spacial score (nSPS) is 10.8. The monoisotopic (exact) mass is 370 g/mol. The Kier molecular flexibility index (Phi) is 4.22.